The van der Waals surface area contributed by atoms with E-state index in [0.717, 1.165) is 27.8 Å². The molecule has 0 aromatic heterocycles. The summed E-state index contributed by atoms with van der Waals surface area (Å²) in [5.74, 6) is 4.94. The van der Waals surface area contributed by atoms with Crippen molar-refractivity contribution in [2.75, 3.05) is 30.9 Å². The third-order valence-electron chi connectivity index (χ3n) is 6.96. The van der Waals surface area contributed by atoms with Crippen LogP contribution in [0.5, 0.6) is 5.75 Å². The van der Waals surface area contributed by atoms with Crippen molar-refractivity contribution in [2.45, 2.75) is 53.1 Å². The molecule has 0 spiro atoms. The van der Waals surface area contributed by atoms with Gasteiger partial charge in [0.2, 0.25) is 0 Å². The summed E-state index contributed by atoms with van der Waals surface area (Å²) in [5.41, 5.74) is 12.8. The lowest BCUT2D eigenvalue weighted by molar-refractivity contribution is -0.137. The molecule has 0 saturated heterocycles. The Hall–Kier alpha value is -3.62. The Morgan fingerprint density at radius 1 is 1.18 bits per heavy atom. The number of hydrogen-bond acceptors (Lipinski definition) is 6. The first-order valence-electron chi connectivity index (χ1n) is 13.0. The molecule has 5 N–H and O–H groups in total. The van der Waals surface area contributed by atoms with Gasteiger partial charge in [0.1, 0.15) is 18.2 Å². The predicted octanol–water partition coefficient (Wildman–Crippen LogP) is 5.36. The lowest BCUT2D eigenvalue weighted by atomic mass is 9.84. The summed E-state index contributed by atoms with van der Waals surface area (Å²) in [7, 11) is 1.71. The first kappa shape index (κ1) is 28.9. The normalized spacial score (nSPS) is 13.9. The van der Waals surface area contributed by atoms with E-state index in [-0.39, 0.29) is 18.2 Å². The SMILES string of the molecule is CC.Cc1ccc(C(CC(=O)O)c2ccc(N(C)N)c(N)c2C)cc1CN1CCOc2cccc(F)c2C1. The van der Waals surface area contributed by atoms with Gasteiger partial charge in [-0.15, -0.1) is 0 Å². The number of benzene rings is 3. The number of carboxylic acids is 1. The number of nitrogen functional groups attached to an aromatic ring is 1. The zero-order valence-electron chi connectivity index (χ0n) is 22.9. The van der Waals surface area contributed by atoms with Crippen LogP contribution in [-0.2, 0) is 17.9 Å². The molecule has 3 aromatic rings. The van der Waals surface area contributed by atoms with E-state index in [1.165, 1.54) is 11.1 Å². The van der Waals surface area contributed by atoms with Gasteiger partial charge in [-0.3, -0.25) is 9.69 Å². The second kappa shape index (κ2) is 12.8. The van der Waals surface area contributed by atoms with Crippen molar-refractivity contribution in [3.63, 3.8) is 0 Å². The number of halogens is 1. The van der Waals surface area contributed by atoms with E-state index in [4.69, 9.17) is 16.3 Å². The van der Waals surface area contributed by atoms with Crippen LogP contribution in [0.2, 0.25) is 0 Å². The number of anilines is 2. The molecular weight excluding hydrogens is 483 g/mol. The monoisotopic (exact) mass is 522 g/mol. The Morgan fingerprint density at radius 3 is 2.61 bits per heavy atom. The molecule has 8 heteroatoms. The number of aliphatic carboxylic acids is 1. The summed E-state index contributed by atoms with van der Waals surface area (Å²) in [6, 6.07) is 14.7. The molecule has 1 unspecified atom stereocenters. The quantitative estimate of drug-likeness (QED) is 0.218. The van der Waals surface area contributed by atoms with Gasteiger partial charge >= 0.3 is 5.97 Å². The number of rotatable bonds is 7. The second-order valence-electron chi connectivity index (χ2n) is 9.44. The fourth-order valence-corrected chi connectivity index (χ4v) is 4.87. The zero-order chi connectivity index (χ0) is 28.0. The van der Waals surface area contributed by atoms with Crippen LogP contribution in [0.4, 0.5) is 15.8 Å². The average molecular weight is 523 g/mol. The van der Waals surface area contributed by atoms with Crippen LogP contribution in [0.3, 0.4) is 0 Å². The number of carboxylic acid groups (broad SMARTS) is 1. The number of carbonyl (C=O) groups is 1. The van der Waals surface area contributed by atoms with E-state index >= 15 is 0 Å². The maximum Gasteiger partial charge on any atom is 0.304 e. The minimum Gasteiger partial charge on any atom is -0.492 e. The molecule has 204 valence electrons. The van der Waals surface area contributed by atoms with Crippen molar-refractivity contribution in [3.05, 3.63) is 87.7 Å². The number of nitrogens with zero attached hydrogens (tertiary/aromatic N) is 2. The van der Waals surface area contributed by atoms with Crippen LogP contribution in [0.25, 0.3) is 0 Å². The molecule has 1 atom stereocenters. The van der Waals surface area contributed by atoms with Crippen molar-refractivity contribution in [2.24, 2.45) is 5.84 Å². The molecule has 7 nitrogen and oxygen atoms in total. The van der Waals surface area contributed by atoms with E-state index < -0.39 is 5.97 Å². The molecule has 4 rings (SSSR count). The Kier molecular flexibility index (Phi) is 9.72. The summed E-state index contributed by atoms with van der Waals surface area (Å²) >= 11 is 0. The lowest BCUT2D eigenvalue weighted by Gasteiger charge is -2.25. The molecule has 3 aromatic carbocycles. The first-order chi connectivity index (χ1) is 18.2. The van der Waals surface area contributed by atoms with Gasteiger partial charge in [0.15, 0.2) is 0 Å². The van der Waals surface area contributed by atoms with Crippen molar-refractivity contribution in [1.29, 1.82) is 0 Å². The van der Waals surface area contributed by atoms with Crippen LogP contribution in [0.1, 0.15) is 59.6 Å². The van der Waals surface area contributed by atoms with Crippen molar-refractivity contribution >= 4 is 17.3 Å². The smallest absolute Gasteiger partial charge is 0.304 e. The van der Waals surface area contributed by atoms with Gasteiger partial charge < -0.3 is 20.6 Å². The summed E-state index contributed by atoms with van der Waals surface area (Å²) in [4.78, 5) is 14.0. The molecule has 0 bridgehead atoms. The van der Waals surface area contributed by atoms with Gasteiger partial charge in [0, 0.05) is 38.2 Å². The van der Waals surface area contributed by atoms with Crippen LogP contribution in [-0.4, -0.2) is 36.2 Å². The molecule has 1 aliphatic rings. The molecule has 0 radical (unpaired) electrons. The van der Waals surface area contributed by atoms with Crippen LogP contribution < -0.4 is 21.3 Å². The maximum atomic E-state index is 14.5. The number of hydrogen-bond donors (Lipinski definition) is 3. The molecule has 0 saturated carbocycles. The average Bonchev–Trinajstić information content (AvgIpc) is 3.09. The van der Waals surface area contributed by atoms with Crippen LogP contribution >= 0.6 is 0 Å². The minimum atomic E-state index is -0.892. The Bertz CT molecular complexity index is 1280. The van der Waals surface area contributed by atoms with Crippen molar-refractivity contribution < 1.29 is 19.0 Å². The highest BCUT2D eigenvalue weighted by Crippen LogP contribution is 2.37. The van der Waals surface area contributed by atoms with Gasteiger partial charge in [0.05, 0.1) is 17.8 Å². The fourth-order valence-electron chi connectivity index (χ4n) is 4.87. The Morgan fingerprint density at radius 2 is 1.92 bits per heavy atom. The van der Waals surface area contributed by atoms with Crippen LogP contribution in [0, 0.1) is 19.7 Å². The summed E-state index contributed by atoms with van der Waals surface area (Å²) < 4.78 is 20.3. The number of aryl methyl sites for hydroxylation is 1. The molecular formula is C30H39FN4O3. The summed E-state index contributed by atoms with van der Waals surface area (Å²) in [6.07, 6.45) is -0.0727. The third-order valence-corrected chi connectivity index (χ3v) is 6.96. The number of hydrazine groups is 1. The highest BCUT2D eigenvalue weighted by atomic mass is 19.1. The molecule has 38 heavy (non-hydrogen) atoms. The zero-order valence-corrected chi connectivity index (χ0v) is 22.9. The van der Waals surface area contributed by atoms with Gasteiger partial charge in [-0.1, -0.05) is 44.2 Å². The van der Waals surface area contributed by atoms with Crippen molar-refractivity contribution in [1.82, 2.24) is 4.90 Å². The van der Waals surface area contributed by atoms with E-state index in [9.17, 15) is 14.3 Å². The van der Waals surface area contributed by atoms with Gasteiger partial charge in [-0.2, -0.15) is 0 Å². The molecule has 0 fully saturated rings. The van der Waals surface area contributed by atoms with E-state index in [1.807, 2.05) is 52.0 Å². The largest absolute Gasteiger partial charge is 0.492 e. The molecule has 1 aliphatic heterocycles. The van der Waals surface area contributed by atoms with Gasteiger partial charge in [-0.05, 0) is 59.9 Å². The topological polar surface area (TPSA) is 105 Å². The number of nitrogens with two attached hydrogens (primary N) is 2. The maximum absolute atomic E-state index is 14.5. The number of ether oxygens (including phenoxy) is 1. The summed E-state index contributed by atoms with van der Waals surface area (Å²) in [6.45, 7) is 10.1. The number of fused-ring (bicyclic) bond motifs is 1. The van der Waals surface area contributed by atoms with Gasteiger partial charge in [-0.25, -0.2) is 10.2 Å². The lowest BCUT2D eigenvalue weighted by Crippen LogP contribution is -2.26. The molecule has 1 heterocycles. The predicted molar refractivity (Wildman–Crippen MR) is 151 cm³/mol. The van der Waals surface area contributed by atoms with E-state index in [1.54, 1.807) is 19.2 Å². The Labute approximate surface area is 224 Å². The summed E-state index contributed by atoms with van der Waals surface area (Å²) in [5, 5.41) is 11.2. The first-order valence-corrected chi connectivity index (χ1v) is 13.0. The molecule has 0 amide bonds. The highest BCUT2D eigenvalue weighted by Gasteiger charge is 2.24. The minimum absolute atomic E-state index is 0.0727. The highest BCUT2D eigenvalue weighted by molar-refractivity contribution is 5.74. The second-order valence-corrected chi connectivity index (χ2v) is 9.44. The van der Waals surface area contributed by atoms with Gasteiger partial charge in [0.25, 0.3) is 0 Å². The van der Waals surface area contributed by atoms with Crippen molar-refractivity contribution in [3.8, 4) is 5.75 Å². The standard InChI is InChI=1S/C28H33FN4O3.C2H6/c1-17-7-8-19(22(14-27(34)35)21-9-10-25(32(3)31)28(30)18(21)2)13-20(17)15-33-11-12-36-26-6-4-5-24(29)23(26)16-33;1-2/h4-10,13,22H,11-12,14-16,30-31H2,1-3H3,(H,34,35);1-2H3. The fraction of sp³-hybridized carbons (Fsp3) is 0.367. The van der Waals surface area contributed by atoms with Crippen LogP contribution in [0.15, 0.2) is 48.5 Å². The van der Waals surface area contributed by atoms with E-state index in [0.29, 0.717) is 48.9 Å². The van der Waals surface area contributed by atoms with E-state index in [2.05, 4.69) is 11.0 Å². The molecule has 0 aliphatic carbocycles. The third kappa shape index (κ3) is 6.44. The Balaban J connectivity index is 0.00000195.